The Morgan fingerprint density at radius 2 is 1.95 bits per heavy atom. The van der Waals surface area contributed by atoms with E-state index in [0.717, 1.165) is 5.56 Å². The summed E-state index contributed by atoms with van der Waals surface area (Å²) in [4.78, 5) is 11.8. The third-order valence-electron chi connectivity index (χ3n) is 3.34. The fourth-order valence-electron chi connectivity index (χ4n) is 2.37. The van der Waals surface area contributed by atoms with Gasteiger partial charge in [0.2, 0.25) is 0 Å². The van der Waals surface area contributed by atoms with Gasteiger partial charge in [-0.25, -0.2) is 0 Å². The van der Waals surface area contributed by atoms with Crippen molar-refractivity contribution in [3.8, 4) is 12.1 Å². The number of carbonyl (C=O) groups is 1. The van der Waals surface area contributed by atoms with Gasteiger partial charge in [-0.2, -0.15) is 10.5 Å². The van der Waals surface area contributed by atoms with Crippen LogP contribution in [0.25, 0.3) is 0 Å². The fourth-order valence-corrected chi connectivity index (χ4v) is 2.50. The van der Waals surface area contributed by atoms with Gasteiger partial charge in [0.25, 0.3) is 0 Å². The minimum atomic E-state index is -1.32. The first kappa shape index (κ1) is 13.4. The van der Waals surface area contributed by atoms with Crippen molar-refractivity contribution >= 4 is 17.6 Å². The van der Waals surface area contributed by atoms with E-state index in [-0.39, 0.29) is 6.61 Å². The highest BCUT2D eigenvalue weighted by Gasteiger charge is 2.71. The Morgan fingerprint density at radius 3 is 2.42 bits per heavy atom. The highest BCUT2D eigenvalue weighted by molar-refractivity contribution is 6.30. The van der Waals surface area contributed by atoms with E-state index in [1.54, 1.807) is 31.2 Å². The number of carbonyl (C=O) groups excluding carboxylic acids is 1. The lowest BCUT2D eigenvalue weighted by molar-refractivity contribution is -0.145. The molecule has 1 fully saturated rings. The first-order valence-corrected chi connectivity index (χ1v) is 6.23. The molecule has 1 aromatic rings. The SMILES string of the molecule is CCOC(=O)[C@@H]1[C@@H](c2ccc(Cl)cc2)C1(C#N)C#N. The second-order valence-corrected chi connectivity index (χ2v) is 4.79. The van der Waals surface area contributed by atoms with Gasteiger partial charge >= 0.3 is 5.97 Å². The third kappa shape index (κ3) is 2.05. The molecular weight excluding hydrogens is 264 g/mol. The Morgan fingerprint density at radius 1 is 1.37 bits per heavy atom. The van der Waals surface area contributed by atoms with E-state index in [1.165, 1.54) is 0 Å². The Balaban J connectivity index is 2.35. The minimum Gasteiger partial charge on any atom is -0.466 e. The quantitative estimate of drug-likeness (QED) is 0.794. The number of nitriles is 2. The van der Waals surface area contributed by atoms with E-state index in [1.807, 2.05) is 12.1 Å². The summed E-state index contributed by atoms with van der Waals surface area (Å²) in [5.41, 5.74) is -0.564. The van der Waals surface area contributed by atoms with Crippen LogP contribution in [0.3, 0.4) is 0 Å². The number of rotatable bonds is 3. The summed E-state index contributed by atoms with van der Waals surface area (Å²) in [6, 6.07) is 10.7. The second kappa shape index (κ2) is 4.91. The van der Waals surface area contributed by atoms with Crippen molar-refractivity contribution in [2.75, 3.05) is 6.61 Å². The summed E-state index contributed by atoms with van der Waals surface area (Å²) in [6.45, 7) is 1.92. The monoisotopic (exact) mass is 274 g/mol. The predicted molar refractivity (Wildman–Crippen MR) is 68.0 cm³/mol. The van der Waals surface area contributed by atoms with E-state index in [9.17, 15) is 15.3 Å². The molecule has 0 saturated heterocycles. The molecule has 19 heavy (non-hydrogen) atoms. The van der Waals surface area contributed by atoms with Crippen LogP contribution in [0, 0.1) is 34.0 Å². The topological polar surface area (TPSA) is 73.9 Å². The Bertz CT molecular complexity index is 569. The van der Waals surface area contributed by atoms with Crippen LogP contribution in [0.4, 0.5) is 0 Å². The summed E-state index contributed by atoms with van der Waals surface area (Å²) < 4.78 is 4.93. The summed E-state index contributed by atoms with van der Waals surface area (Å²) >= 11 is 5.80. The molecule has 0 bridgehead atoms. The maximum absolute atomic E-state index is 11.8. The number of hydrogen-bond donors (Lipinski definition) is 0. The van der Waals surface area contributed by atoms with Gasteiger partial charge in [-0.3, -0.25) is 4.79 Å². The number of ether oxygens (including phenoxy) is 1. The Hall–Kier alpha value is -2.04. The summed E-state index contributed by atoms with van der Waals surface area (Å²) in [5.74, 6) is -1.66. The first-order valence-electron chi connectivity index (χ1n) is 5.85. The van der Waals surface area contributed by atoms with Gasteiger partial charge in [-0.1, -0.05) is 23.7 Å². The van der Waals surface area contributed by atoms with Crippen molar-refractivity contribution < 1.29 is 9.53 Å². The standard InChI is InChI=1S/C14H11ClN2O2/c1-2-19-13(18)12-11(14(12,7-16)8-17)9-3-5-10(15)6-4-9/h3-6,11-12H,2H2,1H3/t11-,12+/m1/s1. The van der Waals surface area contributed by atoms with Gasteiger partial charge in [0.15, 0.2) is 5.41 Å². The lowest BCUT2D eigenvalue weighted by atomic mass is 10.0. The zero-order valence-corrected chi connectivity index (χ0v) is 11.0. The smallest absolute Gasteiger partial charge is 0.312 e. The van der Waals surface area contributed by atoms with E-state index in [4.69, 9.17) is 16.3 Å². The molecule has 0 heterocycles. The molecule has 0 amide bonds. The van der Waals surface area contributed by atoms with Gasteiger partial charge in [0.1, 0.15) is 0 Å². The molecule has 1 aliphatic carbocycles. The van der Waals surface area contributed by atoms with Crippen molar-refractivity contribution in [2.45, 2.75) is 12.8 Å². The molecule has 0 radical (unpaired) electrons. The molecular formula is C14H11ClN2O2. The molecule has 96 valence electrons. The average molecular weight is 275 g/mol. The van der Waals surface area contributed by atoms with Crippen LogP contribution in [-0.2, 0) is 9.53 Å². The summed E-state index contributed by atoms with van der Waals surface area (Å²) in [6.07, 6.45) is 0. The lowest BCUT2D eigenvalue weighted by Crippen LogP contribution is -2.11. The van der Waals surface area contributed by atoms with Crippen molar-refractivity contribution in [2.24, 2.45) is 11.3 Å². The number of esters is 1. The van der Waals surface area contributed by atoms with Crippen LogP contribution < -0.4 is 0 Å². The van der Waals surface area contributed by atoms with Gasteiger partial charge in [0.05, 0.1) is 24.7 Å². The number of halogens is 1. The molecule has 2 rings (SSSR count). The van der Waals surface area contributed by atoms with Crippen LogP contribution in [-0.4, -0.2) is 12.6 Å². The normalized spacial score (nSPS) is 22.9. The van der Waals surface area contributed by atoms with E-state index < -0.39 is 23.2 Å². The van der Waals surface area contributed by atoms with Crippen LogP contribution in [0.2, 0.25) is 5.02 Å². The molecule has 0 spiro atoms. The van der Waals surface area contributed by atoms with Crippen LogP contribution in [0.5, 0.6) is 0 Å². The third-order valence-corrected chi connectivity index (χ3v) is 3.60. The molecule has 1 aliphatic rings. The van der Waals surface area contributed by atoms with E-state index in [0.29, 0.717) is 5.02 Å². The molecule has 0 N–H and O–H groups in total. The Labute approximate surface area is 116 Å². The predicted octanol–water partition coefficient (Wildman–Crippen LogP) is 2.65. The maximum atomic E-state index is 11.8. The molecule has 0 aliphatic heterocycles. The van der Waals surface area contributed by atoms with Crippen molar-refractivity contribution in [3.63, 3.8) is 0 Å². The number of benzene rings is 1. The highest BCUT2D eigenvalue weighted by Crippen LogP contribution is 2.64. The van der Waals surface area contributed by atoms with E-state index >= 15 is 0 Å². The first-order chi connectivity index (χ1) is 9.10. The number of nitrogens with zero attached hydrogens (tertiary/aromatic N) is 2. The van der Waals surface area contributed by atoms with Crippen molar-refractivity contribution in [1.82, 2.24) is 0 Å². The molecule has 1 saturated carbocycles. The van der Waals surface area contributed by atoms with Crippen LogP contribution in [0.15, 0.2) is 24.3 Å². The molecule has 1 aromatic carbocycles. The summed E-state index contributed by atoms with van der Waals surface area (Å²) in [5, 5.41) is 19.0. The minimum absolute atomic E-state index is 0.232. The largest absolute Gasteiger partial charge is 0.466 e. The van der Waals surface area contributed by atoms with Crippen molar-refractivity contribution in [1.29, 1.82) is 10.5 Å². The van der Waals surface area contributed by atoms with Gasteiger partial charge in [0, 0.05) is 10.9 Å². The van der Waals surface area contributed by atoms with Gasteiger partial charge in [-0.15, -0.1) is 0 Å². The molecule has 0 aromatic heterocycles. The molecule has 5 heteroatoms. The highest BCUT2D eigenvalue weighted by atomic mass is 35.5. The Kier molecular flexibility index (Phi) is 3.46. The van der Waals surface area contributed by atoms with E-state index in [2.05, 4.69) is 0 Å². The second-order valence-electron chi connectivity index (χ2n) is 4.35. The van der Waals surface area contributed by atoms with Crippen LogP contribution >= 0.6 is 11.6 Å². The zero-order valence-electron chi connectivity index (χ0n) is 10.3. The molecule has 2 atom stereocenters. The van der Waals surface area contributed by atoms with Crippen LogP contribution in [0.1, 0.15) is 18.4 Å². The maximum Gasteiger partial charge on any atom is 0.312 e. The lowest BCUT2D eigenvalue weighted by Gasteiger charge is -2.00. The van der Waals surface area contributed by atoms with Crippen molar-refractivity contribution in [3.05, 3.63) is 34.9 Å². The summed E-state index contributed by atoms with van der Waals surface area (Å²) in [7, 11) is 0. The number of hydrogen-bond acceptors (Lipinski definition) is 4. The zero-order chi connectivity index (χ0) is 14.0. The molecule has 0 unspecified atom stereocenters. The van der Waals surface area contributed by atoms with Gasteiger partial charge in [-0.05, 0) is 24.6 Å². The average Bonchev–Trinajstić information content (AvgIpc) is 3.09. The molecule has 4 nitrogen and oxygen atoms in total. The van der Waals surface area contributed by atoms with Gasteiger partial charge < -0.3 is 4.74 Å². The fraction of sp³-hybridized carbons (Fsp3) is 0.357.